The molecule has 2 rings (SSSR count). The van der Waals surface area contributed by atoms with Gasteiger partial charge in [0.2, 0.25) is 11.5 Å². The molecule has 1 aliphatic rings. The van der Waals surface area contributed by atoms with E-state index >= 15 is 0 Å². The molecule has 7 heteroatoms. The number of hydrogen-bond donors (Lipinski definition) is 1. The van der Waals surface area contributed by atoms with Crippen LogP contribution in [0.15, 0.2) is 35.8 Å². The number of anilines is 1. The van der Waals surface area contributed by atoms with E-state index in [2.05, 4.69) is 10.1 Å². The molecular formula is C13H12F3NO3. The number of nitrogens with one attached hydrogen (secondary N) is 1. The van der Waals surface area contributed by atoms with Gasteiger partial charge in [-0.1, -0.05) is 17.7 Å². The summed E-state index contributed by atoms with van der Waals surface area (Å²) >= 11 is 0. The average Bonchev–Trinajstić information content (AvgIpc) is 2.40. The van der Waals surface area contributed by atoms with Crippen molar-refractivity contribution in [1.82, 2.24) is 0 Å². The standard InChI is InChI=1S/C13H12F3NO3/c1-8-2-4-9(5-3-8)17-12(18)10-11(13(14,15)16)20-7-6-19-10/h2-5H,6-7H2,1H3,(H,17,18). The van der Waals surface area contributed by atoms with Gasteiger partial charge in [0.05, 0.1) is 0 Å². The molecule has 20 heavy (non-hydrogen) atoms. The number of ether oxygens (including phenoxy) is 2. The van der Waals surface area contributed by atoms with Crippen molar-refractivity contribution in [3.05, 3.63) is 41.3 Å². The highest BCUT2D eigenvalue weighted by Crippen LogP contribution is 2.32. The Hall–Kier alpha value is -2.18. The molecule has 1 aromatic carbocycles. The topological polar surface area (TPSA) is 47.6 Å². The molecule has 0 fully saturated rings. The predicted molar refractivity (Wildman–Crippen MR) is 64.8 cm³/mol. The number of alkyl halides is 3. The maximum absolute atomic E-state index is 12.7. The van der Waals surface area contributed by atoms with E-state index in [1.54, 1.807) is 24.3 Å². The third kappa shape index (κ3) is 3.23. The summed E-state index contributed by atoms with van der Waals surface area (Å²) in [6, 6.07) is 6.63. The van der Waals surface area contributed by atoms with E-state index in [-0.39, 0.29) is 13.2 Å². The molecule has 0 aromatic heterocycles. The molecular weight excluding hydrogens is 275 g/mol. The molecule has 1 aliphatic heterocycles. The van der Waals surface area contributed by atoms with Gasteiger partial charge in [-0.25, -0.2) is 0 Å². The second-order valence-electron chi connectivity index (χ2n) is 4.17. The zero-order valence-corrected chi connectivity index (χ0v) is 10.6. The number of allylic oxidation sites excluding steroid dienone is 1. The largest absolute Gasteiger partial charge is 0.483 e. The van der Waals surface area contributed by atoms with Crippen molar-refractivity contribution < 1.29 is 27.4 Å². The Balaban J connectivity index is 2.22. The third-order valence-electron chi connectivity index (χ3n) is 2.56. The highest BCUT2D eigenvalue weighted by Gasteiger charge is 2.43. The third-order valence-corrected chi connectivity index (χ3v) is 2.56. The lowest BCUT2D eigenvalue weighted by atomic mass is 10.2. The summed E-state index contributed by atoms with van der Waals surface area (Å²) in [6.45, 7) is 1.51. The van der Waals surface area contributed by atoms with Crippen LogP contribution in [0, 0.1) is 6.92 Å². The van der Waals surface area contributed by atoms with E-state index in [0.29, 0.717) is 5.69 Å². The van der Waals surface area contributed by atoms with Crippen LogP contribution in [0.5, 0.6) is 0 Å². The van der Waals surface area contributed by atoms with E-state index in [9.17, 15) is 18.0 Å². The minimum Gasteiger partial charge on any atom is -0.483 e. The Kier molecular flexibility index (Phi) is 3.87. The summed E-state index contributed by atoms with van der Waals surface area (Å²) in [5, 5.41) is 2.34. The molecule has 0 spiro atoms. The van der Waals surface area contributed by atoms with Crippen LogP contribution in [0.1, 0.15) is 5.56 Å². The summed E-state index contributed by atoms with van der Waals surface area (Å²) in [5.41, 5.74) is 1.35. The fourth-order valence-electron chi connectivity index (χ4n) is 1.62. The Morgan fingerprint density at radius 2 is 1.75 bits per heavy atom. The second kappa shape index (κ2) is 5.44. The van der Waals surface area contributed by atoms with Gasteiger partial charge in [-0.15, -0.1) is 0 Å². The first-order chi connectivity index (χ1) is 9.38. The first-order valence-corrected chi connectivity index (χ1v) is 5.83. The van der Waals surface area contributed by atoms with Crippen LogP contribution in [-0.2, 0) is 14.3 Å². The molecule has 0 atom stereocenters. The fraction of sp³-hybridized carbons (Fsp3) is 0.308. The van der Waals surface area contributed by atoms with E-state index in [4.69, 9.17) is 4.74 Å². The maximum Gasteiger partial charge on any atom is 0.453 e. The van der Waals surface area contributed by atoms with E-state index in [0.717, 1.165) is 5.56 Å². The van der Waals surface area contributed by atoms with Crippen molar-refractivity contribution in [2.24, 2.45) is 0 Å². The highest BCUT2D eigenvalue weighted by molar-refractivity contribution is 6.02. The zero-order chi connectivity index (χ0) is 14.8. The van der Waals surface area contributed by atoms with E-state index in [1.165, 1.54) is 0 Å². The first-order valence-electron chi connectivity index (χ1n) is 5.83. The zero-order valence-electron chi connectivity index (χ0n) is 10.6. The van der Waals surface area contributed by atoms with Crippen LogP contribution in [0.4, 0.5) is 18.9 Å². The predicted octanol–water partition coefficient (Wildman–Crippen LogP) is 2.75. The van der Waals surface area contributed by atoms with Gasteiger partial charge in [-0.2, -0.15) is 13.2 Å². The van der Waals surface area contributed by atoms with E-state index in [1.807, 2.05) is 6.92 Å². The van der Waals surface area contributed by atoms with Gasteiger partial charge in [0.15, 0.2) is 0 Å². The Morgan fingerprint density at radius 3 is 2.35 bits per heavy atom. The molecule has 108 valence electrons. The lowest BCUT2D eigenvalue weighted by Gasteiger charge is -2.22. The maximum atomic E-state index is 12.7. The van der Waals surface area contributed by atoms with Crippen LogP contribution in [-0.4, -0.2) is 25.3 Å². The molecule has 1 N–H and O–H groups in total. The van der Waals surface area contributed by atoms with Crippen LogP contribution in [0.25, 0.3) is 0 Å². The van der Waals surface area contributed by atoms with Crippen LogP contribution >= 0.6 is 0 Å². The van der Waals surface area contributed by atoms with Crippen molar-refractivity contribution in [1.29, 1.82) is 0 Å². The Bertz CT molecular complexity index is 535. The van der Waals surface area contributed by atoms with Gasteiger partial charge in [-0.3, -0.25) is 4.79 Å². The number of amides is 1. The molecule has 4 nitrogen and oxygen atoms in total. The average molecular weight is 287 g/mol. The minimum atomic E-state index is -4.76. The normalized spacial score (nSPS) is 15.4. The van der Waals surface area contributed by atoms with Gasteiger partial charge in [0.25, 0.3) is 5.91 Å². The molecule has 1 aromatic rings. The molecule has 1 amide bonds. The first kappa shape index (κ1) is 14.2. The van der Waals surface area contributed by atoms with E-state index < -0.39 is 23.6 Å². The minimum absolute atomic E-state index is 0.101. The summed E-state index contributed by atoms with van der Waals surface area (Å²) in [7, 11) is 0. The quantitative estimate of drug-likeness (QED) is 0.909. The number of rotatable bonds is 2. The summed E-state index contributed by atoms with van der Waals surface area (Å²) in [5.74, 6) is -3.22. The lowest BCUT2D eigenvalue weighted by molar-refractivity contribution is -0.151. The monoisotopic (exact) mass is 287 g/mol. The number of halogens is 3. The summed E-state index contributed by atoms with van der Waals surface area (Å²) in [6.07, 6.45) is -4.76. The van der Waals surface area contributed by atoms with Crippen molar-refractivity contribution >= 4 is 11.6 Å². The lowest BCUT2D eigenvalue weighted by Crippen LogP contribution is -2.30. The van der Waals surface area contributed by atoms with Crippen LogP contribution in [0.2, 0.25) is 0 Å². The fourth-order valence-corrected chi connectivity index (χ4v) is 1.62. The van der Waals surface area contributed by atoms with Crippen LogP contribution in [0.3, 0.4) is 0 Å². The molecule has 0 aliphatic carbocycles. The highest BCUT2D eigenvalue weighted by atomic mass is 19.4. The van der Waals surface area contributed by atoms with Gasteiger partial charge in [0.1, 0.15) is 13.2 Å². The van der Waals surface area contributed by atoms with Gasteiger partial charge < -0.3 is 14.8 Å². The van der Waals surface area contributed by atoms with Gasteiger partial charge in [0, 0.05) is 5.69 Å². The smallest absolute Gasteiger partial charge is 0.453 e. The van der Waals surface area contributed by atoms with Crippen molar-refractivity contribution in [2.75, 3.05) is 18.5 Å². The summed E-state index contributed by atoms with van der Waals surface area (Å²) in [4.78, 5) is 11.8. The molecule has 0 saturated carbocycles. The van der Waals surface area contributed by atoms with Crippen molar-refractivity contribution in [2.45, 2.75) is 13.1 Å². The molecule has 0 bridgehead atoms. The number of benzene rings is 1. The van der Waals surface area contributed by atoms with Crippen LogP contribution < -0.4 is 5.32 Å². The van der Waals surface area contributed by atoms with Crippen molar-refractivity contribution in [3.63, 3.8) is 0 Å². The Morgan fingerprint density at radius 1 is 1.15 bits per heavy atom. The molecule has 1 heterocycles. The van der Waals surface area contributed by atoms with Gasteiger partial charge in [-0.05, 0) is 19.1 Å². The SMILES string of the molecule is Cc1ccc(NC(=O)C2=C(C(F)(F)F)OCCO2)cc1. The number of aryl methyl sites for hydroxylation is 1. The van der Waals surface area contributed by atoms with Gasteiger partial charge >= 0.3 is 6.18 Å². The Labute approximate surface area is 113 Å². The molecule has 0 unspecified atom stereocenters. The number of hydrogen-bond acceptors (Lipinski definition) is 3. The molecule has 0 radical (unpaired) electrons. The summed E-state index contributed by atoms with van der Waals surface area (Å²) < 4.78 is 47.4. The van der Waals surface area contributed by atoms with Crippen molar-refractivity contribution in [3.8, 4) is 0 Å². The molecule has 0 saturated heterocycles. The second-order valence-corrected chi connectivity index (χ2v) is 4.17. The number of carbonyl (C=O) groups is 1. The number of carbonyl (C=O) groups excluding carboxylic acids is 1.